The van der Waals surface area contributed by atoms with Crippen LogP contribution in [0.5, 0.6) is 5.75 Å². The molecule has 1 fully saturated rings. The lowest BCUT2D eigenvalue weighted by Crippen LogP contribution is -2.45. The van der Waals surface area contributed by atoms with E-state index >= 15 is 0 Å². The molecule has 0 aliphatic heterocycles. The first-order valence-corrected chi connectivity index (χ1v) is 6.69. The van der Waals surface area contributed by atoms with Gasteiger partial charge in [0.1, 0.15) is 5.75 Å². The normalized spacial score (nSPS) is 22.2. The van der Waals surface area contributed by atoms with E-state index < -0.39 is 0 Å². The summed E-state index contributed by atoms with van der Waals surface area (Å²) in [4.78, 5) is 13.9. The van der Waals surface area contributed by atoms with Crippen LogP contribution in [-0.4, -0.2) is 26.1 Å². The third kappa shape index (κ3) is 2.52. The lowest BCUT2D eigenvalue weighted by molar-refractivity contribution is -0.124. The van der Waals surface area contributed by atoms with Crippen LogP contribution in [0, 0.1) is 5.92 Å². The molecule has 0 aromatic heterocycles. The van der Waals surface area contributed by atoms with Crippen LogP contribution in [0.4, 0.5) is 5.69 Å². The van der Waals surface area contributed by atoms with Gasteiger partial charge in [0.2, 0.25) is 5.91 Å². The number of methoxy groups -OCH3 is 1. The minimum Gasteiger partial charge on any atom is -0.495 e. The van der Waals surface area contributed by atoms with Crippen LogP contribution >= 0.6 is 15.9 Å². The molecule has 18 heavy (non-hydrogen) atoms. The number of hydrogen-bond donors (Lipinski definition) is 1. The van der Waals surface area contributed by atoms with Gasteiger partial charge in [0.05, 0.1) is 12.8 Å². The first kappa shape index (κ1) is 13.4. The molecule has 98 valence electrons. The van der Waals surface area contributed by atoms with Gasteiger partial charge >= 0.3 is 0 Å². The number of ether oxygens (including phenoxy) is 1. The van der Waals surface area contributed by atoms with E-state index in [1.165, 1.54) is 0 Å². The number of halogens is 1. The molecule has 4 nitrogen and oxygen atoms in total. The van der Waals surface area contributed by atoms with Crippen molar-refractivity contribution in [3.05, 3.63) is 22.7 Å². The summed E-state index contributed by atoms with van der Waals surface area (Å²) in [6.45, 7) is 0. The minimum absolute atomic E-state index is 0.0497. The molecule has 1 aliphatic rings. The lowest BCUT2D eigenvalue weighted by atomic mass is 9.80. The van der Waals surface area contributed by atoms with Gasteiger partial charge in [-0.2, -0.15) is 0 Å². The third-order valence-electron chi connectivity index (χ3n) is 3.36. The molecular weight excluding hydrogens is 296 g/mol. The third-order valence-corrected chi connectivity index (χ3v) is 3.85. The maximum atomic E-state index is 12.3. The van der Waals surface area contributed by atoms with E-state index in [9.17, 15) is 4.79 Å². The Morgan fingerprint density at radius 2 is 2.17 bits per heavy atom. The van der Waals surface area contributed by atoms with Gasteiger partial charge in [0.15, 0.2) is 0 Å². The SMILES string of the molecule is COc1ccc(Br)cc1N(C)C(=O)C1CC(N)C1. The standard InChI is InChI=1S/C13H17BrN2O2/c1-16(13(17)8-5-10(15)6-8)11-7-9(14)3-4-12(11)18-2/h3-4,7-8,10H,5-6,15H2,1-2H3. The average molecular weight is 313 g/mol. The van der Waals surface area contributed by atoms with E-state index in [4.69, 9.17) is 10.5 Å². The smallest absolute Gasteiger partial charge is 0.230 e. The van der Waals surface area contributed by atoms with Crippen molar-refractivity contribution in [3.8, 4) is 5.75 Å². The highest BCUT2D eigenvalue weighted by Gasteiger charge is 2.34. The molecule has 2 rings (SSSR count). The summed E-state index contributed by atoms with van der Waals surface area (Å²) in [7, 11) is 3.38. The Hall–Kier alpha value is -1.07. The Bertz CT molecular complexity index is 458. The summed E-state index contributed by atoms with van der Waals surface area (Å²) < 4.78 is 6.20. The van der Waals surface area contributed by atoms with Gasteiger partial charge in [0.25, 0.3) is 0 Å². The predicted molar refractivity (Wildman–Crippen MR) is 74.8 cm³/mol. The van der Waals surface area contributed by atoms with E-state index in [2.05, 4.69) is 15.9 Å². The summed E-state index contributed by atoms with van der Waals surface area (Å²) in [6, 6.07) is 5.79. The number of amides is 1. The van der Waals surface area contributed by atoms with Crippen LogP contribution in [0.1, 0.15) is 12.8 Å². The molecule has 0 unspecified atom stereocenters. The Kier molecular flexibility index (Phi) is 3.92. The summed E-state index contributed by atoms with van der Waals surface area (Å²) in [5.74, 6) is 0.847. The fraction of sp³-hybridized carbons (Fsp3) is 0.462. The number of benzene rings is 1. The second kappa shape index (κ2) is 5.28. The zero-order chi connectivity index (χ0) is 13.3. The zero-order valence-corrected chi connectivity index (χ0v) is 12.1. The molecule has 0 atom stereocenters. The molecular formula is C13H17BrN2O2. The first-order chi connectivity index (χ1) is 8.52. The van der Waals surface area contributed by atoms with Gasteiger partial charge in [-0.05, 0) is 31.0 Å². The van der Waals surface area contributed by atoms with Crippen LogP contribution in [-0.2, 0) is 4.79 Å². The number of hydrogen-bond acceptors (Lipinski definition) is 3. The maximum Gasteiger partial charge on any atom is 0.230 e. The molecule has 0 bridgehead atoms. The van der Waals surface area contributed by atoms with E-state index in [0.29, 0.717) is 5.75 Å². The fourth-order valence-electron chi connectivity index (χ4n) is 2.18. The molecule has 1 aliphatic carbocycles. The van der Waals surface area contributed by atoms with E-state index in [1.807, 2.05) is 18.2 Å². The Morgan fingerprint density at radius 1 is 1.50 bits per heavy atom. The van der Waals surface area contributed by atoms with Crippen LogP contribution < -0.4 is 15.4 Å². The molecule has 5 heteroatoms. The van der Waals surface area contributed by atoms with Crippen molar-refractivity contribution in [1.82, 2.24) is 0 Å². The maximum absolute atomic E-state index is 12.3. The van der Waals surface area contributed by atoms with Crippen molar-refractivity contribution in [2.24, 2.45) is 11.7 Å². The largest absolute Gasteiger partial charge is 0.495 e. The molecule has 1 aromatic carbocycles. The molecule has 0 heterocycles. The predicted octanol–water partition coefficient (Wildman–Crippen LogP) is 2.16. The van der Waals surface area contributed by atoms with Gasteiger partial charge in [0, 0.05) is 23.5 Å². The Balaban J connectivity index is 2.19. The number of nitrogens with two attached hydrogens (primary N) is 1. The number of anilines is 1. The number of carbonyl (C=O) groups excluding carboxylic acids is 1. The van der Waals surface area contributed by atoms with Gasteiger partial charge in [-0.3, -0.25) is 4.79 Å². The van der Waals surface area contributed by atoms with Crippen LogP contribution in [0.25, 0.3) is 0 Å². The van der Waals surface area contributed by atoms with E-state index in [0.717, 1.165) is 23.0 Å². The van der Waals surface area contributed by atoms with Crippen molar-refractivity contribution in [2.45, 2.75) is 18.9 Å². The van der Waals surface area contributed by atoms with Crippen LogP contribution in [0.2, 0.25) is 0 Å². The molecule has 1 aromatic rings. The average Bonchev–Trinajstić information content (AvgIpc) is 2.33. The molecule has 0 spiro atoms. The summed E-state index contributed by atoms with van der Waals surface area (Å²) >= 11 is 3.41. The van der Waals surface area contributed by atoms with E-state index in [1.54, 1.807) is 19.1 Å². The zero-order valence-electron chi connectivity index (χ0n) is 10.5. The molecule has 0 radical (unpaired) electrons. The monoisotopic (exact) mass is 312 g/mol. The minimum atomic E-state index is 0.0497. The molecule has 0 saturated heterocycles. The number of carbonyl (C=O) groups is 1. The van der Waals surface area contributed by atoms with Gasteiger partial charge < -0.3 is 15.4 Å². The van der Waals surface area contributed by atoms with Crippen molar-refractivity contribution in [1.29, 1.82) is 0 Å². The highest BCUT2D eigenvalue weighted by atomic mass is 79.9. The second-order valence-corrected chi connectivity index (χ2v) is 5.56. The lowest BCUT2D eigenvalue weighted by Gasteiger charge is -2.34. The Labute approximate surface area is 115 Å². The summed E-state index contributed by atoms with van der Waals surface area (Å²) in [5.41, 5.74) is 6.50. The van der Waals surface area contributed by atoms with Gasteiger partial charge in [-0.25, -0.2) is 0 Å². The summed E-state index contributed by atoms with van der Waals surface area (Å²) in [5, 5.41) is 0. The first-order valence-electron chi connectivity index (χ1n) is 5.89. The topological polar surface area (TPSA) is 55.6 Å². The van der Waals surface area contributed by atoms with Gasteiger partial charge in [-0.15, -0.1) is 0 Å². The second-order valence-electron chi connectivity index (χ2n) is 4.64. The quantitative estimate of drug-likeness (QED) is 0.930. The summed E-state index contributed by atoms with van der Waals surface area (Å²) in [6.07, 6.45) is 1.55. The number of nitrogens with zero attached hydrogens (tertiary/aromatic N) is 1. The molecule has 1 amide bonds. The van der Waals surface area contributed by atoms with Crippen molar-refractivity contribution in [3.63, 3.8) is 0 Å². The molecule has 1 saturated carbocycles. The van der Waals surface area contributed by atoms with Gasteiger partial charge in [-0.1, -0.05) is 15.9 Å². The van der Waals surface area contributed by atoms with Crippen molar-refractivity contribution >= 4 is 27.5 Å². The molecule has 2 N–H and O–H groups in total. The van der Waals surface area contributed by atoms with E-state index in [-0.39, 0.29) is 17.9 Å². The van der Waals surface area contributed by atoms with Crippen LogP contribution in [0.15, 0.2) is 22.7 Å². The fourth-order valence-corrected chi connectivity index (χ4v) is 2.53. The van der Waals surface area contributed by atoms with Crippen molar-refractivity contribution < 1.29 is 9.53 Å². The van der Waals surface area contributed by atoms with Crippen molar-refractivity contribution in [2.75, 3.05) is 19.1 Å². The van der Waals surface area contributed by atoms with Crippen LogP contribution in [0.3, 0.4) is 0 Å². The number of rotatable bonds is 3. The Morgan fingerprint density at radius 3 is 2.72 bits per heavy atom. The highest BCUT2D eigenvalue weighted by molar-refractivity contribution is 9.10. The highest BCUT2D eigenvalue weighted by Crippen LogP contribution is 2.34.